The smallest absolute Gasteiger partial charge is 0.408 e. The minimum atomic E-state index is -3.99. The van der Waals surface area contributed by atoms with Crippen LogP contribution in [0.5, 0.6) is 11.8 Å². The van der Waals surface area contributed by atoms with Crippen LogP contribution in [0.15, 0.2) is 42.5 Å². The van der Waals surface area contributed by atoms with Crippen LogP contribution in [-0.2, 0) is 24.4 Å². The molecule has 3 fully saturated rings. The fourth-order valence-corrected chi connectivity index (χ4v) is 9.42. The normalized spacial score (nSPS) is 29.0. The van der Waals surface area contributed by atoms with Gasteiger partial charge in [-0.05, 0) is 75.7 Å². The van der Waals surface area contributed by atoms with Crippen molar-refractivity contribution in [3.63, 3.8) is 0 Å². The zero-order chi connectivity index (χ0) is 41.0. The Kier molecular flexibility index (Phi) is 11.1. The van der Waals surface area contributed by atoms with Crippen LogP contribution in [0, 0.1) is 17.8 Å². The van der Waals surface area contributed by atoms with Crippen LogP contribution >= 0.6 is 0 Å². The van der Waals surface area contributed by atoms with Crippen LogP contribution in [0.4, 0.5) is 13.6 Å². The summed E-state index contributed by atoms with van der Waals surface area (Å²) in [4.78, 5) is 62.6. The number of carboxylic acid groups (broad SMARTS) is 1. The number of pyridine rings is 1. The molecule has 306 valence electrons. The maximum atomic E-state index is 15.3. The first kappa shape index (κ1) is 41.1. The van der Waals surface area contributed by atoms with Gasteiger partial charge < -0.3 is 24.8 Å². The molecular weight excluding hydrogens is 753 g/mol. The number of alkyl halides is 2. The van der Waals surface area contributed by atoms with E-state index in [1.165, 1.54) is 7.11 Å². The van der Waals surface area contributed by atoms with E-state index in [0.717, 1.165) is 24.1 Å². The predicted molar refractivity (Wildman–Crippen MR) is 202 cm³/mol. The van der Waals surface area contributed by atoms with Crippen LogP contribution in [0.3, 0.4) is 0 Å². The average Bonchev–Trinajstić information content (AvgIpc) is 4.04. The van der Waals surface area contributed by atoms with Crippen molar-refractivity contribution >= 4 is 44.6 Å². The summed E-state index contributed by atoms with van der Waals surface area (Å²) >= 11 is 0. The van der Waals surface area contributed by atoms with E-state index in [2.05, 4.69) is 15.0 Å². The first-order chi connectivity index (χ1) is 26.2. The summed E-state index contributed by atoms with van der Waals surface area (Å²) < 4.78 is 70.4. The number of nitrogens with one attached hydrogen (secondary N) is 2. The highest BCUT2D eigenvalue weighted by molar-refractivity contribution is 7.91. The SMILES string of the molecule is COc1cc2ccccc2c(O[C@@H]2C[C@H]3C(=O)N[C@]4(C(=O)NS(=O)(=O)C5CC5)C[C@H]4C=CCC[C@@H](C)C[C@@H](C)[C@H](N(C(=O)O)C(C)(C)C(C)(F)F)C(=O)N3C2)n1. The second kappa shape index (κ2) is 15.1. The molecule has 0 spiro atoms. The van der Waals surface area contributed by atoms with Gasteiger partial charge in [-0.1, -0.05) is 44.2 Å². The van der Waals surface area contributed by atoms with Crippen LogP contribution in [0.25, 0.3) is 10.8 Å². The summed E-state index contributed by atoms with van der Waals surface area (Å²) in [5.41, 5.74) is -4.01. The molecule has 4 aliphatic rings. The van der Waals surface area contributed by atoms with E-state index in [1.807, 2.05) is 25.1 Å². The number of sulfonamides is 1. The number of aromatic nitrogens is 1. The van der Waals surface area contributed by atoms with E-state index in [0.29, 0.717) is 49.3 Å². The van der Waals surface area contributed by atoms with Crippen molar-refractivity contribution in [3.8, 4) is 11.8 Å². The molecule has 1 aromatic carbocycles. The summed E-state index contributed by atoms with van der Waals surface area (Å²) in [6, 6.07) is 5.89. The van der Waals surface area contributed by atoms with Gasteiger partial charge in [0.1, 0.15) is 29.3 Å². The Bertz CT molecular complexity index is 2020. The van der Waals surface area contributed by atoms with Crippen LogP contribution in [-0.4, -0.2) is 106 Å². The highest BCUT2D eigenvalue weighted by Gasteiger charge is 2.62. The molecule has 0 bridgehead atoms. The van der Waals surface area contributed by atoms with Gasteiger partial charge >= 0.3 is 6.09 Å². The summed E-state index contributed by atoms with van der Waals surface area (Å²) in [6.07, 6.45) is 3.16. The summed E-state index contributed by atoms with van der Waals surface area (Å²) in [7, 11) is -2.55. The molecule has 4 amide bonds. The van der Waals surface area contributed by atoms with E-state index in [1.54, 1.807) is 31.2 Å². The van der Waals surface area contributed by atoms with Gasteiger partial charge in [-0.3, -0.25) is 24.0 Å². The number of fused-ring (bicyclic) bond motifs is 3. The highest BCUT2D eigenvalue weighted by Crippen LogP contribution is 2.47. The first-order valence-electron chi connectivity index (χ1n) is 19.1. The van der Waals surface area contributed by atoms with Gasteiger partial charge in [-0.2, -0.15) is 4.98 Å². The zero-order valence-corrected chi connectivity index (χ0v) is 33.3. The van der Waals surface area contributed by atoms with Crippen molar-refractivity contribution in [2.75, 3.05) is 13.7 Å². The molecule has 3 heterocycles. The van der Waals surface area contributed by atoms with Crippen LogP contribution in [0.1, 0.15) is 79.6 Å². The number of nitrogens with zero attached hydrogens (tertiary/aromatic N) is 3. The Morgan fingerprint density at radius 1 is 1.11 bits per heavy atom. The molecule has 1 saturated heterocycles. The molecule has 56 heavy (non-hydrogen) atoms. The summed E-state index contributed by atoms with van der Waals surface area (Å²) in [5, 5.41) is 14.0. The van der Waals surface area contributed by atoms with Gasteiger partial charge in [0.15, 0.2) is 0 Å². The molecule has 7 atom stereocenters. The number of methoxy groups -OCH3 is 1. The number of rotatable bonds is 9. The molecular formula is C39H51F2N5O9S. The van der Waals surface area contributed by atoms with Crippen molar-refractivity contribution in [2.24, 2.45) is 17.8 Å². The molecule has 17 heteroatoms. The van der Waals surface area contributed by atoms with Gasteiger partial charge in [-0.25, -0.2) is 22.0 Å². The highest BCUT2D eigenvalue weighted by atomic mass is 32.2. The number of halogens is 2. The predicted octanol–water partition coefficient (Wildman–Crippen LogP) is 4.87. The molecule has 2 aliphatic heterocycles. The third-order valence-corrected chi connectivity index (χ3v) is 13.7. The largest absolute Gasteiger partial charge is 0.481 e. The Morgan fingerprint density at radius 2 is 1.80 bits per heavy atom. The lowest BCUT2D eigenvalue weighted by atomic mass is 9.84. The number of amides is 4. The van der Waals surface area contributed by atoms with Crippen molar-refractivity contribution in [1.82, 2.24) is 24.8 Å². The molecule has 0 radical (unpaired) electrons. The third kappa shape index (κ3) is 8.00. The number of carbonyl (C=O) groups is 4. The van der Waals surface area contributed by atoms with Gasteiger partial charge in [0.2, 0.25) is 33.6 Å². The number of hydrogen-bond acceptors (Lipinski definition) is 9. The standard InChI is InChI=1S/C39H51F2N5O9S/c1-22-11-7-9-13-25-20-39(25,35(49)44-56(52,53)27-15-16-27)43-32(47)29-19-26(55-33-28-14-10-8-12-24(28)18-30(42-33)54-6)21-45(29)34(48)31(23(2)17-22)46(36(50)51)37(3,4)38(5,40)41/h8-10,12-14,18,22-23,25-27,29,31H,7,11,15-17,19-21H2,1-6H3,(H,43,47)(H,44,49)(H,50,51)/t22-,23-,25-,26-,29+,31+,39-/m1/s1. The van der Waals surface area contributed by atoms with Gasteiger partial charge in [0, 0.05) is 30.7 Å². The lowest BCUT2D eigenvalue weighted by Crippen LogP contribution is -2.66. The van der Waals surface area contributed by atoms with Gasteiger partial charge in [-0.15, -0.1) is 0 Å². The van der Waals surface area contributed by atoms with Crippen molar-refractivity contribution in [2.45, 2.75) is 120 Å². The van der Waals surface area contributed by atoms with Crippen molar-refractivity contribution in [1.29, 1.82) is 0 Å². The second-order valence-electron chi connectivity index (χ2n) is 16.5. The Morgan fingerprint density at radius 3 is 2.45 bits per heavy atom. The van der Waals surface area contributed by atoms with E-state index in [9.17, 15) is 27.9 Å². The fraction of sp³-hybridized carbons (Fsp3) is 0.615. The molecule has 2 aliphatic carbocycles. The molecule has 0 unspecified atom stereocenters. The lowest BCUT2D eigenvalue weighted by Gasteiger charge is -2.47. The number of allylic oxidation sites excluding steroid dienone is 1. The number of benzene rings is 1. The van der Waals surface area contributed by atoms with E-state index in [-0.39, 0.29) is 37.1 Å². The van der Waals surface area contributed by atoms with Crippen molar-refractivity contribution < 1.29 is 51.0 Å². The lowest BCUT2D eigenvalue weighted by molar-refractivity contribution is -0.156. The number of ether oxygens (including phenoxy) is 2. The van der Waals surface area contributed by atoms with E-state index in [4.69, 9.17) is 9.47 Å². The van der Waals surface area contributed by atoms with E-state index >= 15 is 13.6 Å². The van der Waals surface area contributed by atoms with E-state index < -0.39 is 86.1 Å². The molecule has 3 N–H and O–H groups in total. The Hall–Kier alpha value is -4.54. The monoisotopic (exact) mass is 803 g/mol. The molecule has 2 saturated carbocycles. The first-order valence-corrected chi connectivity index (χ1v) is 20.6. The Balaban J connectivity index is 1.43. The summed E-state index contributed by atoms with van der Waals surface area (Å²) in [5.74, 6) is -7.21. The quantitative estimate of drug-likeness (QED) is 0.296. The number of carbonyl (C=O) groups excluding carboxylic acids is 3. The molecule has 14 nitrogen and oxygen atoms in total. The van der Waals surface area contributed by atoms with Crippen LogP contribution < -0.4 is 19.5 Å². The second-order valence-corrected chi connectivity index (χ2v) is 18.4. The third-order valence-electron chi connectivity index (χ3n) is 11.9. The topological polar surface area (TPSA) is 185 Å². The number of hydrogen-bond donors (Lipinski definition) is 3. The van der Waals surface area contributed by atoms with Gasteiger partial charge in [0.25, 0.3) is 11.8 Å². The minimum Gasteiger partial charge on any atom is -0.481 e. The Labute approximate surface area is 325 Å². The average molecular weight is 804 g/mol. The van der Waals surface area contributed by atoms with Gasteiger partial charge in [0.05, 0.1) is 18.9 Å². The minimum absolute atomic E-state index is 0.0930. The maximum Gasteiger partial charge on any atom is 0.408 e. The van der Waals surface area contributed by atoms with Crippen LogP contribution in [0.2, 0.25) is 0 Å². The maximum absolute atomic E-state index is 15.3. The molecule has 1 aromatic heterocycles. The zero-order valence-electron chi connectivity index (χ0n) is 32.5. The molecule has 2 aromatic rings. The van der Waals surface area contributed by atoms with Crippen molar-refractivity contribution in [3.05, 3.63) is 42.5 Å². The summed E-state index contributed by atoms with van der Waals surface area (Å²) in [6.45, 7) is 6.03. The fourth-order valence-electron chi connectivity index (χ4n) is 8.06. The molecule has 6 rings (SSSR count).